The first-order valence-electron chi connectivity index (χ1n) is 5.19. The molecule has 0 saturated carbocycles. The highest BCUT2D eigenvalue weighted by Crippen LogP contribution is 2.12. The van der Waals surface area contributed by atoms with Crippen LogP contribution in [0.5, 0.6) is 5.75 Å². The van der Waals surface area contributed by atoms with E-state index in [1.54, 1.807) is 12.5 Å². The molecule has 0 saturated heterocycles. The number of hydrogen-bond acceptors (Lipinski definition) is 5. The molecule has 0 aliphatic rings. The highest BCUT2D eigenvalue weighted by atomic mass is 32.2. The molecule has 5 nitrogen and oxygen atoms in total. The van der Waals surface area contributed by atoms with Gasteiger partial charge in [-0.05, 0) is 18.4 Å². The number of ether oxygens (including phenoxy) is 1. The summed E-state index contributed by atoms with van der Waals surface area (Å²) in [4.78, 5) is 15.5. The average molecular weight is 289 g/mol. The summed E-state index contributed by atoms with van der Waals surface area (Å²) in [5, 5.41) is 7.10. The Kier molecular flexibility index (Phi) is 6.07. The van der Waals surface area contributed by atoms with Gasteiger partial charge in [0.15, 0.2) is 0 Å². The normalized spacial score (nSPS) is 11.3. The van der Waals surface area contributed by atoms with Crippen LogP contribution >= 0.6 is 11.8 Å². The van der Waals surface area contributed by atoms with Crippen LogP contribution in [0, 0.1) is 0 Å². The summed E-state index contributed by atoms with van der Waals surface area (Å²) in [5.41, 5.74) is 0.101. The molecule has 104 valence electrons. The number of nitrogens with one attached hydrogen (secondary N) is 2. The molecule has 2 N–H and O–H groups in total. The third-order valence-corrected chi connectivity index (χ3v) is 2.42. The van der Waals surface area contributed by atoms with Crippen LogP contribution in [0.25, 0.3) is 0 Å². The number of rotatable bonds is 6. The first kappa shape index (κ1) is 15.2. The summed E-state index contributed by atoms with van der Waals surface area (Å²) < 4.78 is 28.0. The summed E-state index contributed by atoms with van der Waals surface area (Å²) in [6.45, 7) is -2.91. The van der Waals surface area contributed by atoms with E-state index < -0.39 is 12.5 Å². The van der Waals surface area contributed by atoms with E-state index in [4.69, 9.17) is 0 Å². The van der Waals surface area contributed by atoms with Crippen LogP contribution in [0.2, 0.25) is 0 Å². The summed E-state index contributed by atoms with van der Waals surface area (Å²) in [6.07, 6.45) is 2.91. The summed E-state index contributed by atoms with van der Waals surface area (Å²) in [6, 6.07) is 2.56. The molecule has 19 heavy (non-hydrogen) atoms. The number of carbonyl (C=O) groups excluding carboxylic acids is 1. The van der Waals surface area contributed by atoms with Gasteiger partial charge in [0.1, 0.15) is 17.3 Å². The molecule has 8 heteroatoms. The van der Waals surface area contributed by atoms with Crippen molar-refractivity contribution in [3.8, 4) is 5.75 Å². The molecule has 1 amide bonds. The highest BCUT2D eigenvalue weighted by molar-refractivity contribution is 8.01. The fourth-order valence-electron chi connectivity index (χ4n) is 1.14. The molecule has 0 aliphatic carbocycles. The lowest BCUT2D eigenvalue weighted by molar-refractivity contribution is -0.0500. The average Bonchev–Trinajstić information content (AvgIpc) is 2.38. The van der Waals surface area contributed by atoms with Crippen LogP contribution in [0.3, 0.4) is 0 Å². The molecule has 0 radical (unpaired) electrons. The summed E-state index contributed by atoms with van der Waals surface area (Å²) in [7, 11) is 1.66. The number of thioether (sulfide) groups is 1. The van der Waals surface area contributed by atoms with Gasteiger partial charge in [-0.15, -0.1) is 11.8 Å². The van der Waals surface area contributed by atoms with Gasteiger partial charge in [-0.25, -0.2) is 4.98 Å². The lowest BCUT2D eigenvalue weighted by Crippen LogP contribution is -2.29. The van der Waals surface area contributed by atoms with Gasteiger partial charge in [0.25, 0.3) is 5.91 Å². The third-order valence-electron chi connectivity index (χ3n) is 1.95. The molecule has 1 heterocycles. The van der Waals surface area contributed by atoms with Crippen LogP contribution in [-0.4, -0.2) is 30.8 Å². The molecule has 0 atom stereocenters. The first-order chi connectivity index (χ1) is 9.06. The lowest BCUT2D eigenvalue weighted by atomic mass is 10.3. The van der Waals surface area contributed by atoms with Crippen molar-refractivity contribution in [2.24, 2.45) is 0 Å². The Morgan fingerprint density at radius 3 is 2.74 bits per heavy atom. The SMILES string of the molecule is CN/C(=C\SC)NC(=O)c1ccc(OC(F)F)cn1. The zero-order valence-corrected chi connectivity index (χ0v) is 11.1. The number of halogens is 2. The Hall–Kier alpha value is -1.83. The molecule has 0 fully saturated rings. The van der Waals surface area contributed by atoms with Crippen molar-refractivity contribution in [1.82, 2.24) is 15.6 Å². The molecule has 1 aromatic rings. The van der Waals surface area contributed by atoms with E-state index in [1.807, 2.05) is 6.26 Å². The maximum absolute atomic E-state index is 11.9. The van der Waals surface area contributed by atoms with Crippen LogP contribution < -0.4 is 15.4 Å². The van der Waals surface area contributed by atoms with Crippen LogP contribution in [0.4, 0.5) is 8.78 Å². The molecular formula is C11H13F2N3O2S. The van der Waals surface area contributed by atoms with E-state index in [0.717, 1.165) is 6.20 Å². The number of nitrogens with zero attached hydrogens (tertiary/aromatic N) is 1. The maximum Gasteiger partial charge on any atom is 0.387 e. The lowest BCUT2D eigenvalue weighted by Gasteiger charge is -2.09. The van der Waals surface area contributed by atoms with Gasteiger partial charge in [0, 0.05) is 12.5 Å². The van der Waals surface area contributed by atoms with Crippen molar-refractivity contribution >= 4 is 17.7 Å². The predicted molar refractivity (Wildman–Crippen MR) is 69.0 cm³/mol. The number of amides is 1. The third kappa shape index (κ3) is 5.12. The minimum absolute atomic E-state index is 0.0972. The molecule has 1 aromatic heterocycles. The molecule has 1 rings (SSSR count). The van der Waals surface area contributed by atoms with Crippen molar-refractivity contribution in [3.05, 3.63) is 35.3 Å². The standard InChI is InChI=1S/C11H13F2N3O2S/c1-14-9(6-19-2)16-10(17)8-4-3-7(5-15-8)18-11(12)13/h3-6,11,14H,1-2H3,(H,16,17)/b9-6+. The second-order valence-electron chi connectivity index (χ2n) is 3.23. The fourth-order valence-corrected chi connectivity index (χ4v) is 1.55. The van der Waals surface area contributed by atoms with Crippen LogP contribution in [-0.2, 0) is 0 Å². The van der Waals surface area contributed by atoms with E-state index >= 15 is 0 Å². The minimum atomic E-state index is -2.91. The van der Waals surface area contributed by atoms with Crippen molar-refractivity contribution in [2.45, 2.75) is 6.61 Å². The molecule has 0 unspecified atom stereocenters. The van der Waals surface area contributed by atoms with Gasteiger partial charge in [0.2, 0.25) is 0 Å². The number of aromatic nitrogens is 1. The van der Waals surface area contributed by atoms with E-state index in [-0.39, 0.29) is 11.4 Å². The number of carbonyl (C=O) groups is 1. The molecule has 0 spiro atoms. The predicted octanol–water partition coefficient (Wildman–Crippen LogP) is 1.79. The van der Waals surface area contributed by atoms with Gasteiger partial charge in [-0.3, -0.25) is 4.79 Å². The van der Waals surface area contributed by atoms with Gasteiger partial charge >= 0.3 is 6.61 Å². The van der Waals surface area contributed by atoms with Crippen LogP contribution in [0.1, 0.15) is 10.5 Å². The van der Waals surface area contributed by atoms with Gasteiger partial charge in [0.05, 0.1) is 6.20 Å². The largest absolute Gasteiger partial charge is 0.433 e. The van der Waals surface area contributed by atoms with Crippen molar-refractivity contribution in [3.63, 3.8) is 0 Å². The number of pyridine rings is 1. The maximum atomic E-state index is 11.9. The monoisotopic (exact) mass is 289 g/mol. The first-order valence-corrected chi connectivity index (χ1v) is 6.48. The Bertz CT molecular complexity index is 452. The Morgan fingerprint density at radius 1 is 1.53 bits per heavy atom. The van der Waals surface area contributed by atoms with Gasteiger partial charge in [-0.2, -0.15) is 8.78 Å². The second kappa shape index (κ2) is 7.57. The highest BCUT2D eigenvalue weighted by Gasteiger charge is 2.10. The van der Waals surface area contributed by atoms with E-state index in [1.165, 1.54) is 23.9 Å². The Labute approximate surface area is 113 Å². The number of alkyl halides is 2. The number of hydrogen-bond donors (Lipinski definition) is 2. The Balaban J connectivity index is 2.70. The van der Waals surface area contributed by atoms with E-state index in [0.29, 0.717) is 5.82 Å². The molecule has 0 aliphatic heterocycles. The molecular weight excluding hydrogens is 276 g/mol. The smallest absolute Gasteiger partial charge is 0.387 e. The van der Waals surface area contributed by atoms with E-state index in [9.17, 15) is 13.6 Å². The van der Waals surface area contributed by atoms with Crippen molar-refractivity contribution in [2.75, 3.05) is 13.3 Å². The fraction of sp³-hybridized carbons (Fsp3) is 0.273. The van der Waals surface area contributed by atoms with Crippen LogP contribution in [0.15, 0.2) is 29.6 Å². The molecule has 0 aromatic carbocycles. The summed E-state index contributed by atoms with van der Waals surface area (Å²) in [5.74, 6) is -0.0227. The van der Waals surface area contributed by atoms with Crippen molar-refractivity contribution < 1.29 is 18.3 Å². The van der Waals surface area contributed by atoms with Gasteiger partial charge < -0.3 is 15.4 Å². The summed E-state index contributed by atoms with van der Waals surface area (Å²) >= 11 is 1.42. The minimum Gasteiger partial charge on any atom is -0.433 e. The zero-order valence-electron chi connectivity index (χ0n) is 10.3. The van der Waals surface area contributed by atoms with Crippen molar-refractivity contribution in [1.29, 1.82) is 0 Å². The second-order valence-corrected chi connectivity index (χ2v) is 3.94. The van der Waals surface area contributed by atoms with E-state index in [2.05, 4.69) is 20.4 Å². The quantitative estimate of drug-likeness (QED) is 0.836. The topological polar surface area (TPSA) is 63.2 Å². The molecule has 0 bridgehead atoms. The Morgan fingerprint density at radius 2 is 2.26 bits per heavy atom. The zero-order chi connectivity index (χ0) is 14.3. The van der Waals surface area contributed by atoms with Gasteiger partial charge in [-0.1, -0.05) is 0 Å².